The molecule has 112 valence electrons. The fourth-order valence-electron chi connectivity index (χ4n) is 2.21. The van der Waals surface area contributed by atoms with Gasteiger partial charge in [-0.1, -0.05) is 17.7 Å². The van der Waals surface area contributed by atoms with Crippen molar-refractivity contribution < 1.29 is 18.3 Å². The second kappa shape index (κ2) is 6.41. The SMILES string of the molecule is CC(NS(=O)(=O)c1ccc(CO)c(Cl)c1)C1CCCO1. The number of aliphatic hydroxyl groups is 1. The van der Waals surface area contributed by atoms with Gasteiger partial charge in [-0.15, -0.1) is 0 Å². The van der Waals surface area contributed by atoms with E-state index in [2.05, 4.69) is 4.72 Å². The third kappa shape index (κ3) is 3.51. The summed E-state index contributed by atoms with van der Waals surface area (Å²) in [5, 5.41) is 9.27. The van der Waals surface area contributed by atoms with E-state index in [1.54, 1.807) is 6.92 Å². The number of hydrogen-bond acceptors (Lipinski definition) is 4. The molecule has 0 spiro atoms. The van der Waals surface area contributed by atoms with Gasteiger partial charge in [0.2, 0.25) is 10.0 Å². The molecule has 1 aliphatic rings. The summed E-state index contributed by atoms with van der Waals surface area (Å²) >= 11 is 5.92. The fraction of sp³-hybridized carbons (Fsp3) is 0.538. The maximum absolute atomic E-state index is 12.3. The van der Waals surface area contributed by atoms with Crippen molar-refractivity contribution >= 4 is 21.6 Å². The summed E-state index contributed by atoms with van der Waals surface area (Å²) < 4.78 is 32.6. The molecule has 0 saturated carbocycles. The van der Waals surface area contributed by atoms with E-state index in [0.717, 1.165) is 12.8 Å². The van der Waals surface area contributed by atoms with Crippen molar-refractivity contribution in [2.75, 3.05) is 6.61 Å². The van der Waals surface area contributed by atoms with Crippen LogP contribution in [-0.4, -0.2) is 32.3 Å². The summed E-state index contributed by atoms with van der Waals surface area (Å²) in [6, 6.07) is 3.99. The van der Waals surface area contributed by atoms with Gasteiger partial charge in [0.15, 0.2) is 0 Å². The standard InChI is InChI=1S/C13H18ClNO4S/c1-9(13-3-2-6-19-13)15-20(17,18)11-5-4-10(8-16)12(14)7-11/h4-5,7,9,13,15-16H,2-3,6,8H2,1H3. The van der Waals surface area contributed by atoms with Gasteiger partial charge in [-0.3, -0.25) is 0 Å². The maximum Gasteiger partial charge on any atom is 0.240 e. The van der Waals surface area contributed by atoms with Gasteiger partial charge in [0, 0.05) is 17.7 Å². The molecule has 0 radical (unpaired) electrons. The van der Waals surface area contributed by atoms with E-state index in [0.29, 0.717) is 12.2 Å². The van der Waals surface area contributed by atoms with E-state index in [1.807, 2.05) is 0 Å². The molecule has 20 heavy (non-hydrogen) atoms. The Morgan fingerprint density at radius 1 is 1.55 bits per heavy atom. The first kappa shape index (κ1) is 15.7. The molecule has 1 aromatic carbocycles. The lowest BCUT2D eigenvalue weighted by atomic mass is 10.1. The molecule has 2 N–H and O–H groups in total. The molecule has 0 aromatic heterocycles. The molecule has 0 amide bonds. The third-order valence-electron chi connectivity index (χ3n) is 3.37. The molecule has 7 heteroatoms. The van der Waals surface area contributed by atoms with Crippen molar-refractivity contribution in [3.8, 4) is 0 Å². The molecule has 0 aliphatic carbocycles. The highest BCUT2D eigenvalue weighted by atomic mass is 35.5. The quantitative estimate of drug-likeness (QED) is 0.866. The Morgan fingerprint density at radius 3 is 2.85 bits per heavy atom. The van der Waals surface area contributed by atoms with Gasteiger partial charge >= 0.3 is 0 Å². The van der Waals surface area contributed by atoms with Crippen LogP contribution in [0.15, 0.2) is 23.1 Å². The van der Waals surface area contributed by atoms with E-state index in [4.69, 9.17) is 21.4 Å². The van der Waals surface area contributed by atoms with Crippen molar-refractivity contribution in [1.82, 2.24) is 4.72 Å². The molecule has 1 aromatic rings. The molecular weight excluding hydrogens is 302 g/mol. The van der Waals surface area contributed by atoms with Crippen LogP contribution in [0.1, 0.15) is 25.3 Å². The largest absolute Gasteiger partial charge is 0.392 e. The summed E-state index contributed by atoms with van der Waals surface area (Å²) in [6.07, 6.45) is 1.72. The van der Waals surface area contributed by atoms with Crippen LogP contribution in [0.5, 0.6) is 0 Å². The lowest BCUT2D eigenvalue weighted by Gasteiger charge is -2.20. The second-order valence-corrected chi connectivity index (χ2v) is 6.99. The topological polar surface area (TPSA) is 75.6 Å². The molecule has 1 aliphatic heterocycles. The zero-order chi connectivity index (χ0) is 14.8. The van der Waals surface area contributed by atoms with Crippen molar-refractivity contribution in [2.24, 2.45) is 0 Å². The predicted molar refractivity (Wildman–Crippen MR) is 76.1 cm³/mol. The number of nitrogens with one attached hydrogen (secondary N) is 1. The fourth-order valence-corrected chi connectivity index (χ4v) is 3.81. The lowest BCUT2D eigenvalue weighted by Crippen LogP contribution is -2.40. The minimum Gasteiger partial charge on any atom is -0.392 e. The van der Waals surface area contributed by atoms with E-state index in [-0.39, 0.29) is 28.7 Å². The molecule has 2 unspecified atom stereocenters. The highest BCUT2D eigenvalue weighted by Crippen LogP contribution is 2.22. The van der Waals surface area contributed by atoms with Crippen molar-refractivity contribution in [2.45, 2.75) is 43.4 Å². The molecular formula is C13H18ClNO4S. The predicted octanol–water partition coefficient (Wildman–Crippen LogP) is 1.68. The smallest absolute Gasteiger partial charge is 0.240 e. The Balaban J connectivity index is 2.15. The van der Waals surface area contributed by atoms with Crippen LogP contribution in [0, 0.1) is 0 Å². The summed E-state index contributed by atoms with van der Waals surface area (Å²) in [7, 11) is -3.64. The number of rotatable bonds is 5. The Bertz CT molecular complexity index is 570. The van der Waals surface area contributed by atoms with Gasteiger partial charge in [-0.05, 0) is 37.5 Å². The zero-order valence-electron chi connectivity index (χ0n) is 11.2. The summed E-state index contributed by atoms with van der Waals surface area (Å²) in [6.45, 7) is 2.24. The first-order valence-corrected chi connectivity index (χ1v) is 8.33. The van der Waals surface area contributed by atoms with Crippen molar-refractivity contribution in [1.29, 1.82) is 0 Å². The molecule has 1 saturated heterocycles. The summed E-state index contributed by atoms with van der Waals surface area (Å²) in [5.41, 5.74) is 0.498. The van der Waals surface area contributed by atoms with Crippen molar-refractivity contribution in [3.05, 3.63) is 28.8 Å². The van der Waals surface area contributed by atoms with Gasteiger partial charge in [0.1, 0.15) is 0 Å². The van der Waals surface area contributed by atoms with Crippen LogP contribution in [-0.2, 0) is 21.4 Å². The van der Waals surface area contributed by atoms with Gasteiger partial charge < -0.3 is 9.84 Å². The monoisotopic (exact) mass is 319 g/mol. The van der Waals surface area contributed by atoms with Gasteiger partial charge in [0.05, 0.1) is 17.6 Å². The number of halogens is 1. The van der Waals surface area contributed by atoms with Gasteiger partial charge in [-0.25, -0.2) is 13.1 Å². The summed E-state index contributed by atoms with van der Waals surface area (Å²) in [4.78, 5) is 0.0875. The van der Waals surface area contributed by atoms with Gasteiger partial charge in [0.25, 0.3) is 0 Å². The van der Waals surface area contributed by atoms with Crippen molar-refractivity contribution in [3.63, 3.8) is 0 Å². The zero-order valence-corrected chi connectivity index (χ0v) is 12.7. The summed E-state index contributed by atoms with van der Waals surface area (Å²) in [5.74, 6) is 0. The molecule has 5 nitrogen and oxygen atoms in total. The van der Waals surface area contributed by atoms with Crippen LogP contribution in [0.4, 0.5) is 0 Å². The molecule has 1 heterocycles. The minimum absolute atomic E-state index is 0.0861. The third-order valence-corrected chi connectivity index (χ3v) is 5.28. The second-order valence-electron chi connectivity index (χ2n) is 4.87. The molecule has 0 bridgehead atoms. The van der Waals surface area contributed by atoms with Crippen LogP contribution in [0.3, 0.4) is 0 Å². The van der Waals surface area contributed by atoms with E-state index < -0.39 is 10.0 Å². The van der Waals surface area contributed by atoms with Crippen LogP contribution >= 0.6 is 11.6 Å². The molecule has 2 rings (SSSR count). The number of aliphatic hydroxyl groups excluding tert-OH is 1. The van der Waals surface area contributed by atoms with Crippen LogP contribution < -0.4 is 4.72 Å². The lowest BCUT2D eigenvalue weighted by molar-refractivity contribution is 0.0902. The number of ether oxygens (including phenoxy) is 1. The first-order valence-electron chi connectivity index (χ1n) is 6.47. The highest BCUT2D eigenvalue weighted by molar-refractivity contribution is 7.89. The Kier molecular flexibility index (Phi) is 5.04. The maximum atomic E-state index is 12.3. The number of hydrogen-bond donors (Lipinski definition) is 2. The Hall–Kier alpha value is -0.660. The first-order chi connectivity index (χ1) is 9.44. The van der Waals surface area contributed by atoms with E-state index >= 15 is 0 Å². The Labute approximate surface area is 124 Å². The molecule has 2 atom stereocenters. The number of sulfonamides is 1. The average molecular weight is 320 g/mol. The van der Waals surface area contributed by atoms with E-state index in [1.165, 1.54) is 18.2 Å². The number of benzene rings is 1. The molecule has 1 fully saturated rings. The van der Waals surface area contributed by atoms with Gasteiger partial charge in [-0.2, -0.15) is 0 Å². The average Bonchev–Trinajstić information content (AvgIpc) is 2.92. The van der Waals surface area contributed by atoms with Crippen LogP contribution in [0.2, 0.25) is 5.02 Å². The van der Waals surface area contributed by atoms with E-state index in [9.17, 15) is 8.42 Å². The highest BCUT2D eigenvalue weighted by Gasteiger charge is 2.27. The normalized spacial score (nSPS) is 21.1. The van der Waals surface area contributed by atoms with Crippen LogP contribution in [0.25, 0.3) is 0 Å². The minimum atomic E-state index is -3.64. The Morgan fingerprint density at radius 2 is 2.30 bits per heavy atom.